The Labute approximate surface area is 226 Å². The molecule has 1 saturated heterocycles. The van der Waals surface area contributed by atoms with Crippen molar-refractivity contribution < 1.29 is 42.0 Å². The number of carbonyl (C=O) groups is 4. The van der Waals surface area contributed by atoms with Crippen molar-refractivity contribution in [1.29, 1.82) is 0 Å². The van der Waals surface area contributed by atoms with Gasteiger partial charge in [0.1, 0.15) is 18.1 Å². The van der Waals surface area contributed by atoms with E-state index in [9.17, 15) is 37.7 Å². The van der Waals surface area contributed by atoms with Crippen molar-refractivity contribution in [2.75, 3.05) is 50.9 Å². The van der Waals surface area contributed by atoms with Crippen molar-refractivity contribution in [2.45, 2.75) is 20.4 Å². The molecule has 212 valence electrons. The lowest BCUT2D eigenvalue weighted by molar-refractivity contribution is -0.384. The summed E-state index contributed by atoms with van der Waals surface area (Å²) in [6.45, 7) is 3.83. The van der Waals surface area contributed by atoms with Crippen LogP contribution >= 0.6 is 11.3 Å². The van der Waals surface area contributed by atoms with Crippen LogP contribution in [-0.4, -0.2) is 102 Å². The fourth-order valence-corrected chi connectivity index (χ4v) is 5.94. The molecule has 0 bridgehead atoms. The molecule has 0 unspecified atom stereocenters. The number of nitro groups is 1. The number of carbonyl (C=O) groups excluding carboxylic acids is 4. The number of esters is 1. The summed E-state index contributed by atoms with van der Waals surface area (Å²) >= 11 is 0.863. The van der Waals surface area contributed by atoms with E-state index in [0.717, 1.165) is 11.3 Å². The molecule has 0 spiro atoms. The van der Waals surface area contributed by atoms with E-state index in [-0.39, 0.29) is 56.4 Å². The van der Waals surface area contributed by atoms with Gasteiger partial charge in [-0.15, -0.1) is 0 Å². The van der Waals surface area contributed by atoms with Crippen molar-refractivity contribution in [1.82, 2.24) is 14.4 Å². The molecule has 17 heteroatoms. The molecule has 0 atom stereocenters. The van der Waals surface area contributed by atoms with Crippen molar-refractivity contribution in [3.05, 3.63) is 33.1 Å². The Morgan fingerprint density at radius 1 is 1.03 bits per heavy atom. The van der Waals surface area contributed by atoms with Crippen LogP contribution in [0, 0.1) is 10.1 Å². The minimum absolute atomic E-state index is 0.0554. The van der Waals surface area contributed by atoms with Gasteiger partial charge < -0.3 is 23.8 Å². The standard InChI is InChI=1S/C22H27N5O10S2/c1-3-36-20(30)12-26-16-6-5-15(27(32)33)11-17(16)38-21(26)23-18(28)13-39(34,35)14-19(29)24-7-9-25(10-8-24)22(31)37-4-2/h5-6,11H,3-4,7-10,12-14H2,1-2H3. The normalized spacial score (nSPS) is 14.4. The zero-order valence-corrected chi connectivity index (χ0v) is 22.9. The van der Waals surface area contributed by atoms with Crippen LogP contribution in [0.2, 0.25) is 0 Å². The van der Waals surface area contributed by atoms with Gasteiger partial charge in [0.25, 0.3) is 11.6 Å². The molecule has 3 rings (SSSR count). The van der Waals surface area contributed by atoms with Gasteiger partial charge in [0.15, 0.2) is 14.6 Å². The SMILES string of the molecule is CCOC(=O)Cn1c(=NC(=O)CS(=O)(=O)CC(=O)N2CCN(C(=O)OCC)CC2)sc2cc([N+](=O)[O-])ccc21. The van der Waals surface area contributed by atoms with Gasteiger partial charge >= 0.3 is 12.1 Å². The number of benzene rings is 1. The summed E-state index contributed by atoms with van der Waals surface area (Å²) in [6, 6.07) is 3.87. The number of amides is 3. The van der Waals surface area contributed by atoms with E-state index in [4.69, 9.17) is 9.47 Å². The first-order chi connectivity index (χ1) is 18.4. The number of hydrogen-bond acceptors (Lipinski definition) is 11. The first kappa shape index (κ1) is 29.7. The highest BCUT2D eigenvalue weighted by Crippen LogP contribution is 2.23. The zero-order chi connectivity index (χ0) is 28.7. The number of nitro benzene ring substituents is 1. The Balaban J connectivity index is 1.75. The lowest BCUT2D eigenvalue weighted by Gasteiger charge is -2.34. The van der Waals surface area contributed by atoms with Crippen LogP contribution in [0.15, 0.2) is 23.2 Å². The van der Waals surface area contributed by atoms with Gasteiger partial charge in [0.2, 0.25) is 5.91 Å². The molecule has 1 aliphatic heterocycles. The second-order valence-electron chi connectivity index (χ2n) is 8.29. The monoisotopic (exact) mass is 585 g/mol. The van der Waals surface area contributed by atoms with Gasteiger partial charge in [-0.25, -0.2) is 13.2 Å². The van der Waals surface area contributed by atoms with Crippen LogP contribution in [0.1, 0.15) is 13.8 Å². The summed E-state index contributed by atoms with van der Waals surface area (Å²) in [7, 11) is -4.21. The maximum Gasteiger partial charge on any atom is 0.409 e. The first-order valence-corrected chi connectivity index (χ1v) is 14.5. The van der Waals surface area contributed by atoms with Crippen LogP contribution < -0.4 is 4.80 Å². The number of piperazine rings is 1. The second-order valence-corrected chi connectivity index (χ2v) is 11.4. The van der Waals surface area contributed by atoms with E-state index in [1.54, 1.807) is 13.8 Å². The van der Waals surface area contributed by atoms with Crippen LogP contribution in [0.5, 0.6) is 0 Å². The smallest absolute Gasteiger partial charge is 0.409 e. The van der Waals surface area contributed by atoms with Crippen molar-refractivity contribution in [2.24, 2.45) is 4.99 Å². The second kappa shape index (κ2) is 12.8. The first-order valence-electron chi connectivity index (χ1n) is 11.8. The van der Waals surface area contributed by atoms with Gasteiger partial charge in [-0.05, 0) is 19.9 Å². The van der Waals surface area contributed by atoms with Gasteiger partial charge in [-0.3, -0.25) is 24.5 Å². The number of nitrogens with zero attached hydrogens (tertiary/aromatic N) is 5. The van der Waals surface area contributed by atoms with E-state index in [2.05, 4.69) is 4.99 Å². The molecule has 1 aromatic carbocycles. The van der Waals surface area contributed by atoms with Crippen LogP contribution in [0.3, 0.4) is 0 Å². The summed E-state index contributed by atoms with van der Waals surface area (Å²) in [5.41, 5.74) is 0.152. The number of sulfone groups is 1. The average molecular weight is 586 g/mol. The highest BCUT2D eigenvalue weighted by molar-refractivity contribution is 7.92. The molecule has 2 aromatic rings. The van der Waals surface area contributed by atoms with Crippen molar-refractivity contribution in [3.8, 4) is 0 Å². The number of ether oxygens (including phenoxy) is 2. The predicted octanol–water partition coefficient (Wildman–Crippen LogP) is 0.317. The number of aromatic nitrogens is 1. The third-order valence-corrected chi connectivity index (χ3v) is 7.95. The fraction of sp³-hybridized carbons (Fsp3) is 0.500. The highest BCUT2D eigenvalue weighted by atomic mass is 32.2. The number of hydrogen-bond donors (Lipinski definition) is 0. The lowest BCUT2D eigenvalue weighted by atomic mass is 10.3. The van der Waals surface area contributed by atoms with E-state index >= 15 is 0 Å². The highest BCUT2D eigenvalue weighted by Gasteiger charge is 2.29. The molecule has 1 aromatic heterocycles. The van der Waals surface area contributed by atoms with E-state index in [1.807, 2.05) is 0 Å². The Hall–Kier alpha value is -3.86. The molecule has 39 heavy (non-hydrogen) atoms. The predicted molar refractivity (Wildman–Crippen MR) is 138 cm³/mol. The fourth-order valence-electron chi connectivity index (χ4n) is 3.76. The van der Waals surface area contributed by atoms with E-state index < -0.39 is 50.1 Å². The molecular weight excluding hydrogens is 558 g/mol. The minimum atomic E-state index is -4.21. The number of rotatable bonds is 9. The van der Waals surface area contributed by atoms with Crippen molar-refractivity contribution in [3.63, 3.8) is 0 Å². The van der Waals surface area contributed by atoms with E-state index in [0.29, 0.717) is 10.2 Å². The Bertz CT molecular complexity index is 1460. The maximum atomic E-state index is 12.6. The molecule has 0 N–H and O–H groups in total. The Kier molecular flexibility index (Phi) is 9.74. The maximum absolute atomic E-state index is 12.6. The lowest BCUT2D eigenvalue weighted by Crippen LogP contribution is -2.52. The van der Waals surface area contributed by atoms with Gasteiger partial charge in [-0.1, -0.05) is 11.3 Å². The summed E-state index contributed by atoms with van der Waals surface area (Å²) < 4.78 is 36.7. The van der Waals surface area contributed by atoms with Crippen LogP contribution in [-0.2, 0) is 40.2 Å². The summed E-state index contributed by atoms with van der Waals surface area (Å²) in [6.07, 6.45) is -0.513. The molecular formula is C22H27N5O10S2. The third kappa shape index (κ3) is 7.82. The van der Waals surface area contributed by atoms with Crippen LogP contribution in [0.4, 0.5) is 10.5 Å². The Morgan fingerprint density at radius 3 is 2.28 bits per heavy atom. The summed E-state index contributed by atoms with van der Waals surface area (Å²) in [5, 5.41) is 11.1. The summed E-state index contributed by atoms with van der Waals surface area (Å²) in [4.78, 5) is 66.1. The Morgan fingerprint density at radius 2 is 1.67 bits per heavy atom. The quantitative estimate of drug-likeness (QED) is 0.225. The van der Waals surface area contributed by atoms with E-state index in [1.165, 1.54) is 32.6 Å². The number of thiazole rings is 1. The third-order valence-electron chi connectivity index (χ3n) is 5.54. The van der Waals surface area contributed by atoms with Gasteiger partial charge in [0, 0.05) is 38.3 Å². The molecule has 3 amide bonds. The molecule has 1 fully saturated rings. The number of fused-ring (bicyclic) bond motifs is 1. The molecule has 1 aliphatic rings. The topological polar surface area (TPSA) is 188 Å². The summed E-state index contributed by atoms with van der Waals surface area (Å²) in [5.74, 6) is -4.41. The van der Waals surface area contributed by atoms with Gasteiger partial charge in [-0.2, -0.15) is 4.99 Å². The molecule has 2 heterocycles. The largest absolute Gasteiger partial charge is 0.465 e. The molecule has 0 aliphatic carbocycles. The molecule has 15 nitrogen and oxygen atoms in total. The van der Waals surface area contributed by atoms with Gasteiger partial charge in [0.05, 0.1) is 28.4 Å². The molecule has 0 radical (unpaired) electrons. The molecule has 0 saturated carbocycles. The average Bonchev–Trinajstić information content (AvgIpc) is 3.19. The zero-order valence-electron chi connectivity index (χ0n) is 21.2. The van der Waals surface area contributed by atoms with Crippen molar-refractivity contribution >= 4 is 61.0 Å². The number of non-ortho nitro benzene ring substituents is 1. The minimum Gasteiger partial charge on any atom is -0.465 e. The van der Waals surface area contributed by atoms with Crippen LogP contribution in [0.25, 0.3) is 10.2 Å².